The molecule has 1 saturated heterocycles. The van der Waals surface area contributed by atoms with Crippen LogP contribution in [-0.4, -0.2) is 50.4 Å². The standard InChI is InChI=1S/C11H17N3O4/c15-7-11(18)1-3-14(4-2-11)6-8-5-12-10(17)13-9(8)16/h5,15,18H,1-4,6-7H2,(H2,12,13,16,17). The summed E-state index contributed by atoms with van der Waals surface area (Å²) in [6.07, 6.45) is 2.36. The van der Waals surface area contributed by atoms with Crippen molar-refractivity contribution >= 4 is 0 Å². The number of aliphatic hydroxyl groups excluding tert-OH is 1. The first-order valence-corrected chi connectivity index (χ1v) is 5.89. The lowest BCUT2D eigenvalue weighted by atomic mass is 9.92. The predicted molar refractivity (Wildman–Crippen MR) is 64.2 cm³/mol. The van der Waals surface area contributed by atoms with Crippen LogP contribution in [0.5, 0.6) is 0 Å². The Morgan fingerprint density at radius 1 is 1.33 bits per heavy atom. The van der Waals surface area contributed by atoms with Crippen LogP contribution >= 0.6 is 0 Å². The molecule has 0 saturated carbocycles. The molecule has 2 rings (SSSR count). The molecule has 2 heterocycles. The maximum Gasteiger partial charge on any atom is 0.325 e. The Morgan fingerprint density at radius 2 is 2.00 bits per heavy atom. The summed E-state index contributed by atoms with van der Waals surface area (Å²) >= 11 is 0. The summed E-state index contributed by atoms with van der Waals surface area (Å²) in [6, 6.07) is 0. The van der Waals surface area contributed by atoms with E-state index in [2.05, 4.69) is 9.97 Å². The van der Waals surface area contributed by atoms with E-state index in [1.54, 1.807) is 0 Å². The summed E-state index contributed by atoms with van der Waals surface area (Å²) in [5.74, 6) is 0. The van der Waals surface area contributed by atoms with Crippen molar-refractivity contribution in [2.75, 3.05) is 19.7 Å². The SMILES string of the molecule is O=c1[nH]cc(CN2CCC(O)(CO)CC2)c(=O)[nH]1. The van der Waals surface area contributed by atoms with E-state index >= 15 is 0 Å². The molecule has 0 radical (unpaired) electrons. The van der Waals surface area contributed by atoms with E-state index in [0.29, 0.717) is 38.0 Å². The highest BCUT2D eigenvalue weighted by Crippen LogP contribution is 2.21. The van der Waals surface area contributed by atoms with Crippen LogP contribution in [0.4, 0.5) is 0 Å². The number of likely N-dealkylation sites (tertiary alicyclic amines) is 1. The molecule has 0 aliphatic carbocycles. The van der Waals surface area contributed by atoms with Gasteiger partial charge in [-0.15, -0.1) is 0 Å². The fourth-order valence-corrected chi connectivity index (χ4v) is 2.08. The second-order valence-electron chi connectivity index (χ2n) is 4.76. The Balaban J connectivity index is 2.00. The van der Waals surface area contributed by atoms with E-state index in [1.807, 2.05) is 4.90 Å². The normalized spacial score (nSPS) is 19.9. The molecule has 1 fully saturated rings. The monoisotopic (exact) mass is 255 g/mol. The van der Waals surface area contributed by atoms with Gasteiger partial charge in [0.1, 0.15) is 0 Å². The highest BCUT2D eigenvalue weighted by Gasteiger charge is 2.31. The van der Waals surface area contributed by atoms with E-state index < -0.39 is 11.3 Å². The van der Waals surface area contributed by atoms with Crippen molar-refractivity contribution in [2.45, 2.75) is 25.0 Å². The van der Waals surface area contributed by atoms with Crippen molar-refractivity contribution in [3.63, 3.8) is 0 Å². The Labute approximate surface area is 103 Å². The molecule has 1 aromatic heterocycles. The molecule has 4 N–H and O–H groups in total. The topological polar surface area (TPSA) is 109 Å². The molecule has 1 aromatic rings. The second-order valence-corrected chi connectivity index (χ2v) is 4.76. The van der Waals surface area contributed by atoms with Crippen LogP contribution < -0.4 is 11.2 Å². The molecule has 7 nitrogen and oxygen atoms in total. The molecule has 0 spiro atoms. The van der Waals surface area contributed by atoms with Gasteiger partial charge in [0.2, 0.25) is 0 Å². The van der Waals surface area contributed by atoms with Gasteiger partial charge in [0, 0.05) is 31.4 Å². The third kappa shape index (κ3) is 2.87. The van der Waals surface area contributed by atoms with Gasteiger partial charge in [-0.1, -0.05) is 0 Å². The fraction of sp³-hybridized carbons (Fsp3) is 0.636. The molecule has 100 valence electrons. The van der Waals surface area contributed by atoms with Gasteiger partial charge < -0.3 is 15.2 Å². The molecule has 0 unspecified atom stereocenters. The Kier molecular flexibility index (Phi) is 3.65. The predicted octanol–water partition coefficient (Wildman–Crippen LogP) is -1.62. The minimum absolute atomic E-state index is 0.236. The summed E-state index contributed by atoms with van der Waals surface area (Å²) < 4.78 is 0. The van der Waals surface area contributed by atoms with Crippen LogP contribution in [-0.2, 0) is 6.54 Å². The van der Waals surface area contributed by atoms with Gasteiger partial charge in [0.05, 0.1) is 12.2 Å². The molecule has 0 atom stereocenters. The third-order valence-corrected chi connectivity index (χ3v) is 3.37. The van der Waals surface area contributed by atoms with E-state index in [0.717, 1.165) is 0 Å². The Bertz CT molecular complexity index is 514. The Morgan fingerprint density at radius 3 is 2.56 bits per heavy atom. The molecular formula is C11H17N3O4. The minimum Gasteiger partial charge on any atom is -0.393 e. The summed E-state index contributed by atoms with van der Waals surface area (Å²) in [6.45, 7) is 1.40. The minimum atomic E-state index is -0.992. The van der Waals surface area contributed by atoms with Crippen LogP contribution in [0.1, 0.15) is 18.4 Å². The van der Waals surface area contributed by atoms with Crippen LogP contribution in [0.15, 0.2) is 15.8 Å². The maximum absolute atomic E-state index is 11.5. The third-order valence-electron chi connectivity index (χ3n) is 3.37. The quantitative estimate of drug-likeness (QED) is 0.519. The zero-order valence-corrected chi connectivity index (χ0v) is 9.98. The van der Waals surface area contributed by atoms with Gasteiger partial charge in [-0.25, -0.2) is 4.79 Å². The van der Waals surface area contributed by atoms with Crippen LogP contribution in [0.25, 0.3) is 0 Å². The largest absolute Gasteiger partial charge is 0.393 e. The second kappa shape index (κ2) is 5.05. The van der Waals surface area contributed by atoms with Crippen molar-refractivity contribution in [3.8, 4) is 0 Å². The van der Waals surface area contributed by atoms with Gasteiger partial charge in [-0.05, 0) is 12.8 Å². The molecule has 0 aromatic carbocycles. The van der Waals surface area contributed by atoms with E-state index in [9.17, 15) is 14.7 Å². The zero-order valence-electron chi connectivity index (χ0n) is 9.98. The first-order valence-electron chi connectivity index (χ1n) is 5.89. The summed E-state index contributed by atoms with van der Waals surface area (Å²) in [4.78, 5) is 29.0. The summed E-state index contributed by atoms with van der Waals surface area (Å²) in [7, 11) is 0. The van der Waals surface area contributed by atoms with Crippen LogP contribution in [0, 0.1) is 0 Å². The van der Waals surface area contributed by atoms with Crippen LogP contribution in [0.2, 0.25) is 0 Å². The number of hydrogen-bond acceptors (Lipinski definition) is 5. The lowest BCUT2D eigenvalue weighted by Crippen LogP contribution is -2.46. The molecule has 7 heteroatoms. The lowest BCUT2D eigenvalue weighted by Gasteiger charge is -2.36. The van der Waals surface area contributed by atoms with Crippen molar-refractivity contribution < 1.29 is 10.2 Å². The van der Waals surface area contributed by atoms with Crippen LogP contribution in [0.3, 0.4) is 0 Å². The fourth-order valence-electron chi connectivity index (χ4n) is 2.08. The zero-order chi connectivity index (χ0) is 13.2. The highest BCUT2D eigenvalue weighted by atomic mass is 16.3. The number of piperidine rings is 1. The van der Waals surface area contributed by atoms with Gasteiger partial charge in [0.15, 0.2) is 0 Å². The molecule has 0 amide bonds. The molecular weight excluding hydrogens is 238 g/mol. The van der Waals surface area contributed by atoms with Crippen molar-refractivity contribution in [1.82, 2.24) is 14.9 Å². The summed E-state index contributed by atoms with van der Waals surface area (Å²) in [5, 5.41) is 18.9. The first-order chi connectivity index (χ1) is 8.52. The number of aromatic nitrogens is 2. The average Bonchev–Trinajstić information content (AvgIpc) is 2.36. The van der Waals surface area contributed by atoms with Gasteiger partial charge in [-0.2, -0.15) is 0 Å². The number of H-pyrrole nitrogens is 2. The van der Waals surface area contributed by atoms with Gasteiger partial charge in [0.25, 0.3) is 5.56 Å². The van der Waals surface area contributed by atoms with E-state index in [-0.39, 0.29) is 12.2 Å². The summed E-state index contributed by atoms with van der Waals surface area (Å²) in [5.41, 5.74) is -1.41. The van der Waals surface area contributed by atoms with Gasteiger partial charge in [-0.3, -0.25) is 14.7 Å². The number of hydrogen-bond donors (Lipinski definition) is 4. The van der Waals surface area contributed by atoms with Gasteiger partial charge >= 0.3 is 5.69 Å². The van der Waals surface area contributed by atoms with Crippen molar-refractivity contribution in [2.24, 2.45) is 0 Å². The molecule has 1 aliphatic rings. The number of nitrogens with zero attached hydrogens (tertiary/aromatic N) is 1. The average molecular weight is 255 g/mol. The molecule has 18 heavy (non-hydrogen) atoms. The number of aliphatic hydroxyl groups is 2. The van der Waals surface area contributed by atoms with E-state index in [4.69, 9.17) is 5.11 Å². The lowest BCUT2D eigenvalue weighted by molar-refractivity contribution is -0.0607. The van der Waals surface area contributed by atoms with Crippen molar-refractivity contribution in [1.29, 1.82) is 0 Å². The smallest absolute Gasteiger partial charge is 0.325 e. The maximum atomic E-state index is 11.5. The molecule has 0 bridgehead atoms. The number of rotatable bonds is 3. The Hall–Kier alpha value is -1.44. The first kappa shape index (κ1) is 13.0. The van der Waals surface area contributed by atoms with E-state index in [1.165, 1.54) is 6.20 Å². The van der Waals surface area contributed by atoms with Crippen molar-refractivity contribution in [3.05, 3.63) is 32.6 Å². The number of nitrogens with one attached hydrogen (secondary N) is 2. The highest BCUT2D eigenvalue weighted by molar-refractivity contribution is 5.03. The molecule has 1 aliphatic heterocycles. The number of aromatic amines is 2.